The van der Waals surface area contributed by atoms with Crippen molar-refractivity contribution in [1.82, 2.24) is 0 Å². The first-order valence-electron chi connectivity index (χ1n) is 16.2. The van der Waals surface area contributed by atoms with Crippen LogP contribution in [0.2, 0.25) is 0 Å². The second kappa shape index (κ2) is 30.2. The number of ether oxygens (including phenoxy) is 2. The number of hydrogen-bond acceptors (Lipinski definition) is 5. The van der Waals surface area contributed by atoms with Crippen LogP contribution in [0.25, 0.3) is 0 Å². The van der Waals surface area contributed by atoms with Gasteiger partial charge in [0.05, 0.1) is 6.61 Å². The molecular weight excluding hydrogens is 476 g/mol. The lowest BCUT2D eigenvalue weighted by molar-refractivity contribution is -0.161. The first kappa shape index (κ1) is 36.6. The van der Waals surface area contributed by atoms with E-state index in [2.05, 4.69) is 26.0 Å². The number of allylic oxidation sites excluding steroid dienone is 2. The number of aliphatic hydroxyl groups excluding tert-OH is 1. The van der Waals surface area contributed by atoms with Crippen LogP contribution in [0.5, 0.6) is 0 Å². The molecule has 0 aromatic carbocycles. The van der Waals surface area contributed by atoms with Gasteiger partial charge in [-0.1, -0.05) is 135 Å². The van der Waals surface area contributed by atoms with Gasteiger partial charge in [-0.25, -0.2) is 0 Å². The van der Waals surface area contributed by atoms with Crippen molar-refractivity contribution in [3.63, 3.8) is 0 Å². The van der Waals surface area contributed by atoms with Crippen molar-refractivity contribution in [2.75, 3.05) is 13.2 Å². The van der Waals surface area contributed by atoms with E-state index in [4.69, 9.17) is 9.47 Å². The molecule has 0 fully saturated rings. The van der Waals surface area contributed by atoms with E-state index in [1.807, 2.05) is 0 Å². The van der Waals surface area contributed by atoms with E-state index in [-0.39, 0.29) is 25.2 Å². The monoisotopic (exact) mass is 538 g/mol. The number of aliphatic hydroxyl groups is 1. The number of esters is 2. The summed E-state index contributed by atoms with van der Waals surface area (Å²) < 4.78 is 10.5. The van der Waals surface area contributed by atoms with E-state index in [0.29, 0.717) is 12.8 Å². The van der Waals surface area contributed by atoms with Crippen molar-refractivity contribution in [3.05, 3.63) is 12.2 Å². The van der Waals surface area contributed by atoms with Crippen LogP contribution in [0.1, 0.15) is 168 Å². The second-order valence-electron chi connectivity index (χ2n) is 10.9. The number of unbranched alkanes of at least 4 members (excludes halogenated alkanes) is 19. The molecule has 1 unspecified atom stereocenters. The normalized spacial score (nSPS) is 12.2. The van der Waals surface area contributed by atoms with Crippen molar-refractivity contribution in [2.45, 2.75) is 174 Å². The zero-order valence-electron chi connectivity index (χ0n) is 25.2. The topological polar surface area (TPSA) is 72.8 Å². The molecule has 0 saturated carbocycles. The molecule has 0 saturated heterocycles. The minimum Gasteiger partial charge on any atom is -0.462 e. The summed E-state index contributed by atoms with van der Waals surface area (Å²) >= 11 is 0. The molecule has 0 amide bonds. The molecule has 0 aromatic heterocycles. The van der Waals surface area contributed by atoms with E-state index in [0.717, 1.165) is 44.9 Å². The minimum atomic E-state index is -0.765. The predicted octanol–water partition coefficient (Wildman–Crippen LogP) is 9.39. The zero-order valence-corrected chi connectivity index (χ0v) is 25.2. The van der Waals surface area contributed by atoms with Gasteiger partial charge in [0.1, 0.15) is 6.61 Å². The Morgan fingerprint density at radius 3 is 1.50 bits per heavy atom. The predicted molar refractivity (Wildman–Crippen MR) is 159 cm³/mol. The van der Waals surface area contributed by atoms with E-state index in [1.54, 1.807) is 0 Å². The Morgan fingerprint density at radius 2 is 1.00 bits per heavy atom. The Bertz CT molecular complexity index is 546. The molecule has 0 aromatic rings. The summed E-state index contributed by atoms with van der Waals surface area (Å²) in [6.45, 7) is 4.08. The number of carbonyl (C=O) groups is 2. The van der Waals surface area contributed by atoms with Crippen molar-refractivity contribution >= 4 is 11.9 Å². The molecule has 0 spiro atoms. The number of carbonyl (C=O) groups excluding carboxylic acids is 2. The minimum absolute atomic E-state index is 0.0654. The van der Waals surface area contributed by atoms with E-state index in [9.17, 15) is 14.7 Å². The van der Waals surface area contributed by atoms with Crippen molar-refractivity contribution in [1.29, 1.82) is 0 Å². The van der Waals surface area contributed by atoms with Crippen LogP contribution in [-0.2, 0) is 19.1 Å². The van der Waals surface area contributed by atoms with Crippen LogP contribution < -0.4 is 0 Å². The van der Waals surface area contributed by atoms with E-state index < -0.39 is 6.10 Å². The first-order chi connectivity index (χ1) is 18.6. The second-order valence-corrected chi connectivity index (χ2v) is 10.9. The summed E-state index contributed by atoms with van der Waals surface area (Å²) in [6, 6.07) is 0. The molecule has 0 radical (unpaired) electrons. The number of hydrogen-bond donors (Lipinski definition) is 1. The third-order valence-corrected chi connectivity index (χ3v) is 7.06. The summed E-state index contributed by atoms with van der Waals surface area (Å²) in [5.41, 5.74) is 0. The third-order valence-electron chi connectivity index (χ3n) is 7.06. The Labute approximate surface area is 235 Å². The first-order valence-corrected chi connectivity index (χ1v) is 16.2. The number of rotatable bonds is 29. The third kappa shape index (κ3) is 27.7. The fraction of sp³-hybridized carbons (Fsp3) is 0.879. The highest BCUT2D eigenvalue weighted by Gasteiger charge is 2.16. The fourth-order valence-electron chi connectivity index (χ4n) is 4.53. The van der Waals surface area contributed by atoms with Crippen LogP contribution in [0.4, 0.5) is 0 Å². The van der Waals surface area contributed by atoms with Crippen LogP contribution >= 0.6 is 0 Å². The molecule has 1 atom stereocenters. The lowest BCUT2D eigenvalue weighted by Gasteiger charge is -2.15. The van der Waals surface area contributed by atoms with Crippen LogP contribution in [0, 0.1) is 0 Å². The summed E-state index contributed by atoms with van der Waals surface area (Å²) in [4.78, 5) is 24.0. The highest BCUT2D eigenvalue weighted by molar-refractivity contribution is 5.70. The molecule has 38 heavy (non-hydrogen) atoms. The Balaban J connectivity index is 3.58. The molecule has 224 valence electrons. The van der Waals surface area contributed by atoms with Crippen LogP contribution in [0.15, 0.2) is 12.2 Å². The van der Waals surface area contributed by atoms with Crippen molar-refractivity contribution in [2.24, 2.45) is 0 Å². The molecule has 5 nitrogen and oxygen atoms in total. The Kier molecular flexibility index (Phi) is 29.1. The Morgan fingerprint density at radius 1 is 0.579 bits per heavy atom. The maximum Gasteiger partial charge on any atom is 0.306 e. The van der Waals surface area contributed by atoms with Crippen molar-refractivity contribution in [3.8, 4) is 0 Å². The molecule has 5 heteroatoms. The highest BCUT2D eigenvalue weighted by atomic mass is 16.6. The van der Waals surface area contributed by atoms with Gasteiger partial charge in [-0.05, 0) is 32.1 Å². The molecule has 0 heterocycles. The molecule has 0 aliphatic carbocycles. The van der Waals surface area contributed by atoms with Gasteiger partial charge >= 0.3 is 11.9 Å². The maximum atomic E-state index is 12.1. The highest BCUT2D eigenvalue weighted by Crippen LogP contribution is 2.14. The lowest BCUT2D eigenvalue weighted by Crippen LogP contribution is -2.28. The summed E-state index contributed by atoms with van der Waals surface area (Å²) in [5, 5.41) is 9.48. The van der Waals surface area contributed by atoms with Gasteiger partial charge in [0.15, 0.2) is 6.10 Å². The van der Waals surface area contributed by atoms with Crippen LogP contribution in [-0.4, -0.2) is 36.4 Å². The smallest absolute Gasteiger partial charge is 0.306 e. The maximum absolute atomic E-state index is 12.1. The standard InChI is InChI=1S/C33H62O5/c1-3-5-7-9-11-13-15-16-18-20-22-24-26-28-33(36)38-31(29-34)30-37-32(35)27-25-23-21-19-17-14-12-10-8-6-4-2/h10,12,31,34H,3-9,11,13-30H2,1-2H3. The average Bonchev–Trinajstić information content (AvgIpc) is 2.92. The molecule has 0 aliphatic rings. The van der Waals surface area contributed by atoms with E-state index in [1.165, 1.54) is 96.3 Å². The summed E-state index contributed by atoms with van der Waals surface area (Å²) in [7, 11) is 0. The fourth-order valence-corrected chi connectivity index (χ4v) is 4.53. The molecule has 0 rings (SSSR count). The van der Waals surface area contributed by atoms with E-state index >= 15 is 0 Å². The molecular formula is C33H62O5. The summed E-state index contributed by atoms with van der Waals surface area (Å²) in [5.74, 6) is -0.599. The molecule has 0 aliphatic heterocycles. The van der Waals surface area contributed by atoms with Gasteiger partial charge in [-0.3, -0.25) is 9.59 Å². The Hall–Kier alpha value is -1.36. The van der Waals surface area contributed by atoms with Gasteiger partial charge in [0.25, 0.3) is 0 Å². The summed E-state index contributed by atoms with van der Waals surface area (Å²) in [6.07, 6.45) is 31.2. The van der Waals surface area contributed by atoms with Crippen molar-refractivity contribution < 1.29 is 24.2 Å². The van der Waals surface area contributed by atoms with Gasteiger partial charge in [0.2, 0.25) is 0 Å². The molecule has 1 N–H and O–H groups in total. The average molecular weight is 539 g/mol. The van der Waals surface area contributed by atoms with Gasteiger partial charge in [0, 0.05) is 12.8 Å². The SMILES string of the molecule is CCCCC=CCCCCCCCC(=O)OCC(CO)OC(=O)CCCCCCCCCCCCCCC. The zero-order chi connectivity index (χ0) is 27.9. The van der Waals surface area contributed by atoms with Crippen LogP contribution in [0.3, 0.4) is 0 Å². The lowest BCUT2D eigenvalue weighted by atomic mass is 10.0. The quantitative estimate of drug-likeness (QED) is 0.0583. The van der Waals surface area contributed by atoms with Gasteiger partial charge in [-0.2, -0.15) is 0 Å². The molecule has 0 bridgehead atoms. The van der Waals surface area contributed by atoms with Gasteiger partial charge < -0.3 is 14.6 Å². The largest absolute Gasteiger partial charge is 0.462 e. The van der Waals surface area contributed by atoms with Gasteiger partial charge in [-0.15, -0.1) is 0 Å².